The van der Waals surface area contributed by atoms with Crippen molar-refractivity contribution in [2.45, 2.75) is 0 Å². The van der Waals surface area contributed by atoms with Gasteiger partial charge in [0.2, 0.25) is 12.3 Å². The summed E-state index contributed by atoms with van der Waals surface area (Å²) in [4.78, 5) is 14.5. The Balaban J connectivity index is 2.27. The first kappa shape index (κ1) is 12.8. The summed E-state index contributed by atoms with van der Waals surface area (Å²) in [6.07, 6.45) is 2.19. The topological polar surface area (TPSA) is 75.1 Å². The predicted molar refractivity (Wildman–Crippen MR) is 72.8 cm³/mol. The quantitative estimate of drug-likeness (QED) is 0.634. The normalized spacial score (nSPS) is 9.74. The summed E-state index contributed by atoms with van der Waals surface area (Å²) in [7, 11) is 1.54. The lowest BCUT2D eigenvalue weighted by Gasteiger charge is -2.07. The maximum Gasteiger partial charge on any atom is 0.212 e. The van der Waals surface area contributed by atoms with Gasteiger partial charge in [-0.1, -0.05) is 12.1 Å². The van der Waals surface area contributed by atoms with Crippen molar-refractivity contribution in [2.24, 2.45) is 0 Å². The maximum atomic E-state index is 10.4. The van der Waals surface area contributed by atoms with Gasteiger partial charge in [-0.05, 0) is 18.2 Å². The summed E-state index contributed by atoms with van der Waals surface area (Å²) in [5.74, 6) is 0.507. The summed E-state index contributed by atoms with van der Waals surface area (Å²) in [5.41, 5.74) is 2.38. The number of hydrogen-bond acceptors (Lipinski definition) is 4. The number of rotatable bonds is 5. The van der Waals surface area contributed by atoms with E-state index in [-0.39, 0.29) is 0 Å². The van der Waals surface area contributed by atoms with Crippen LogP contribution in [0.15, 0.2) is 42.6 Å². The highest BCUT2D eigenvalue weighted by Gasteiger charge is 2.06. The molecular formula is C14H13N3O2. The summed E-state index contributed by atoms with van der Waals surface area (Å²) in [6, 6.07) is 10.6. The number of aromatic nitrogens is 1. The van der Waals surface area contributed by atoms with Gasteiger partial charge < -0.3 is 10.1 Å². The number of carbonyl (C=O) groups excluding carboxylic acids is 1. The minimum Gasteiger partial charge on any atom is -0.481 e. The Morgan fingerprint density at radius 2 is 2.16 bits per heavy atom. The smallest absolute Gasteiger partial charge is 0.212 e. The first-order valence-corrected chi connectivity index (χ1v) is 5.64. The number of hydrogen-bond donors (Lipinski definition) is 2. The van der Waals surface area contributed by atoms with Gasteiger partial charge in [0.25, 0.3) is 0 Å². The highest BCUT2D eigenvalue weighted by molar-refractivity contribution is 6.11. The van der Waals surface area contributed by atoms with E-state index < -0.39 is 0 Å². The first-order chi connectivity index (χ1) is 9.24. The van der Waals surface area contributed by atoms with Crippen LogP contribution in [0.1, 0.15) is 11.1 Å². The molecule has 0 aliphatic heterocycles. The number of anilines is 1. The molecular weight excluding hydrogens is 242 g/mol. The standard InChI is InChI=1S/C14H13N3O2/c1-19-13-6-5-11(8-16-13)14(15)10-3-2-4-12(7-10)17-9-18/h2-9,15H,1H3,(H,17,18). The molecule has 1 heterocycles. The van der Waals surface area contributed by atoms with Crippen molar-refractivity contribution in [1.29, 1.82) is 5.41 Å². The van der Waals surface area contributed by atoms with Gasteiger partial charge in [-0.3, -0.25) is 10.2 Å². The molecule has 2 aromatic rings. The Bertz CT molecular complexity index is 594. The zero-order valence-electron chi connectivity index (χ0n) is 10.4. The van der Waals surface area contributed by atoms with Crippen LogP contribution in [0.4, 0.5) is 5.69 Å². The molecule has 1 aromatic carbocycles. The fraction of sp³-hybridized carbons (Fsp3) is 0.0714. The van der Waals surface area contributed by atoms with E-state index in [0.29, 0.717) is 34.8 Å². The van der Waals surface area contributed by atoms with Crippen LogP contribution in [0.2, 0.25) is 0 Å². The second-order valence-electron chi connectivity index (χ2n) is 3.81. The molecule has 1 aromatic heterocycles. The molecule has 0 fully saturated rings. The molecule has 0 bridgehead atoms. The van der Waals surface area contributed by atoms with Crippen LogP contribution in [0, 0.1) is 5.41 Å². The number of pyridine rings is 1. The number of nitrogens with zero attached hydrogens (tertiary/aromatic N) is 1. The van der Waals surface area contributed by atoms with E-state index in [1.807, 2.05) is 6.07 Å². The van der Waals surface area contributed by atoms with Gasteiger partial charge in [0, 0.05) is 29.1 Å². The molecule has 0 aliphatic rings. The van der Waals surface area contributed by atoms with Gasteiger partial charge in [0.15, 0.2) is 0 Å². The number of nitrogens with one attached hydrogen (secondary N) is 2. The third kappa shape index (κ3) is 2.95. The molecule has 2 N–H and O–H groups in total. The van der Waals surface area contributed by atoms with Crippen molar-refractivity contribution in [2.75, 3.05) is 12.4 Å². The van der Waals surface area contributed by atoms with Crippen molar-refractivity contribution in [3.05, 3.63) is 53.7 Å². The maximum absolute atomic E-state index is 10.4. The van der Waals surface area contributed by atoms with Crippen LogP contribution in [-0.4, -0.2) is 24.2 Å². The largest absolute Gasteiger partial charge is 0.481 e. The van der Waals surface area contributed by atoms with E-state index in [2.05, 4.69) is 10.3 Å². The average Bonchev–Trinajstić information content (AvgIpc) is 2.47. The number of ether oxygens (including phenoxy) is 1. The van der Waals surface area contributed by atoms with E-state index >= 15 is 0 Å². The van der Waals surface area contributed by atoms with Gasteiger partial charge >= 0.3 is 0 Å². The van der Waals surface area contributed by atoms with E-state index in [1.165, 1.54) is 0 Å². The molecule has 2 rings (SSSR count). The molecule has 0 atom stereocenters. The van der Waals surface area contributed by atoms with Crippen LogP contribution in [0.3, 0.4) is 0 Å². The molecule has 1 amide bonds. The van der Waals surface area contributed by atoms with Crippen molar-refractivity contribution >= 4 is 17.8 Å². The number of methoxy groups -OCH3 is 1. The summed E-state index contributed by atoms with van der Waals surface area (Å²) >= 11 is 0. The average molecular weight is 255 g/mol. The zero-order valence-corrected chi connectivity index (χ0v) is 10.4. The Hall–Kier alpha value is -2.69. The number of carbonyl (C=O) groups is 1. The molecule has 0 spiro atoms. The second-order valence-corrected chi connectivity index (χ2v) is 3.81. The molecule has 5 nitrogen and oxygen atoms in total. The first-order valence-electron chi connectivity index (χ1n) is 5.64. The van der Waals surface area contributed by atoms with Crippen molar-refractivity contribution in [3.8, 4) is 5.88 Å². The number of amides is 1. The zero-order chi connectivity index (χ0) is 13.7. The lowest BCUT2D eigenvalue weighted by Crippen LogP contribution is -2.03. The third-order valence-electron chi connectivity index (χ3n) is 2.61. The number of benzene rings is 1. The van der Waals surface area contributed by atoms with Crippen LogP contribution in [-0.2, 0) is 4.79 Å². The molecule has 0 saturated heterocycles. The molecule has 0 aliphatic carbocycles. The lowest BCUT2D eigenvalue weighted by atomic mass is 10.0. The van der Waals surface area contributed by atoms with Crippen molar-refractivity contribution in [1.82, 2.24) is 4.98 Å². The Labute approximate surface area is 110 Å². The van der Waals surface area contributed by atoms with Crippen molar-refractivity contribution < 1.29 is 9.53 Å². The molecule has 0 saturated carbocycles. The van der Waals surface area contributed by atoms with Crippen molar-refractivity contribution in [3.63, 3.8) is 0 Å². The molecule has 19 heavy (non-hydrogen) atoms. The Morgan fingerprint density at radius 3 is 2.79 bits per heavy atom. The second kappa shape index (κ2) is 5.77. The van der Waals surface area contributed by atoms with Gasteiger partial charge in [0.1, 0.15) is 0 Å². The molecule has 96 valence electrons. The van der Waals surface area contributed by atoms with E-state index in [0.717, 1.165) is 0 Å². The summed E-state index contributed by atoms with van der Waals surface area (Å²) < 4.78 is 4.98. The Morgan fingerprint density at radius 1 is 1.32 bits per heavy atom. The van der Waals surface area contributed by atoms with Crippen LogP contribution < -0.4 is 10.1 Å². The van der Waals surface area contributed by atoms with Gasteiger partial charge in [0.05, 0.1) is 12.8 Å². The van der Waals surface area contributed by atoms with E-state index in [1.54, 1.807) is 43.6 Å². The van der Waals surface area contributed by atoms with Gasteiger partial charge in [-0.2, -0.15) is 0 Å². The fourth-order valence-corrected chi connectivity index (χ4v) is 1.65. The lowest BCUT2D eigenvalue weighted by molar-refractivity contribution is -0.105. The Kier molecular flexibility index (Phi) is 3.87. The minimum absolute atomic E-state index is 0.338. The monoisotopic (exact) mass is 255 g/mol. The highest BCUT2D eigenvalue weighted by atomic mass is 16.5. The van der Waals surface area contributed by atoms with Crippen LogP contribution in [0.5, 0.6) is 5.88 Å². The van der Waals surface area contributed by atoms with Gasteiger partial charge in [-0.25, -0.2) is 4.98 Å². The fourth-order valence-electron chi connectivity index (χ4n) is 1.65. The van der Waals surface area contributed by atoms with Gasteiger partial charge in [-0.15, -0.1) is 0 Å². The van der Waals surface area contributed by atoms with Crippen LogP contribution >= 0.6 is 0 Å². The SMILES string of the molecule is COc1ccc(C(=N)c2cccc(NC=O)c2)cn1. The highest BCUT2D eigenvalue weighted by Crippen LogP contribution is 2.15. The van der Waals surface area contributed by atoms with Crippen LogP contribution in [0.25, 0.3) is 0 Å². The molecule has 0 unspecified atom stereocenters. The molecule has 0 radical (unpaired) electrons. The van der Waals surface area contributed by atoms with E-state index in [4.69, 9.17) is 10.1 Å². The minimum atomic E-state index is 0.338. The molecule has 5 heteroatoms. The third-order valence-corrected chi connectivity index (χ3v) is 2.61. The summed E-state index contributed by atoms with van der Waals surface area (Å²) in [5, 5.41) is 10.7. The van der Waals surface area contributed by atoms with E-state index in [9.17, 15) is 4.79 Å². The summed E-state index contributed by atoms with van der Waals surface area (Å²) in [6.45, 7) is 0. The predicted octanol–water partition coefficient (Wildman–Crippen LogP) is 2.07.